The van der Waals surface area contributed by atoms with Crippen molar-refractivity contribution in [1.29, 1.82) is 0 Å². The molecule has 0 saturated carbocycles. The maximum Gasteiger partial charge on any atom is 0.160 e. The van der Waals surface area contributed by atoms with E-state index in [9.17, 15) is 0 Å². The van der Waals surface area contributed by atoms with E-state index in [1.165, 1.54) is 11.1 Å². The molecule has 5 aromatic rings. The lowest BCUT2D eigenvalue weighted by Crippen LogP contribution is -2.01. The Morgan fingerprint density at radius 2 is 1.21 bits per heavy atom. The lowest BCUT2D eigenvalue weighted by Gasteiger charge is -2.11. The van der Waals surface area contributed by atoms with Crippen LogP contribution in [0, 0.1) is 0 Å². The van der Waals surface area contributed by atoms with Crippen molar-refractivity contribution in [2.75, 3.05) is 0 Å². The van der Waals surface area contributed by atoms with Gasteiger partial charge in [0.05, 0.1) is 11.2 Å². The van der Waals surface area contributed by atoms with Gasteiger partial charge in [0.25, 0.3) is 0 Å². The highest BCUT2D eigenvalue weighted by Gasteiger charge is 2.12. The monoisotopic (exact) mass is 368 g/mol. The molecule has 0 unspecified atom stereocenters. The first-order valence-corrected chi connectivity index (χ1v) is 9.56. The van der Waals surface area contributed by atoms with Gasteiger partial charge in [0.15, 0.2) is 5.82 Å². The molecule has 2 nitrogen and oxygen atoms in total. The van der Waals surface area contributed by atoms with Crippen molar-refractivity contribution in [2.24, 2.45) is 0 Å². The Morgan fingerprint density at radius 1 is 0.517 bits per heavy atom. The fourth-order valence-electron chi connectivity index (χ4n) is 3.53. The number of hydrogen-bond donors (Lipinski definition) is 0. The topological polar surface area (TPSA) is 25.8 Å². The first kappa shape index (κ1) is 17.4. The summed E-state index contributed by atoms with van der Waals surface area (Å²) < 4.78 is 0. The largest absolute Gasteiger partial charge is 0.228 e. The van der Waals surface area contributed by atoms with E-state index in [-0.39, 0.29) is 0 Å². The number of hydrogen-bond acceptors (Lipinski definition) is 2. The lowest BCUT2D eigenvalue weighted by molar-refractivity contribution is 1.23. The maximum atomic E-state index is 5.85. The van der Waals surface area contributed by atoms with Gasteiger partial charge in [-0.25, -0.2) is 9.97 Å². The molecule has 0 atom stereocenters. The summed E-state index contributed by atoms with van der Waals surface area (Å²) in [5.74, 6) is 0.698. The van der Waals surface area contributed by atoms with Crippen molar-refractivity contribution in [3.63, 3.8) is 0 Å². The summed E-state index contributed by atoms with van der Waals surface area (Å²) in [5.41, 5.74) is 6.96. The minimum absolute atomic E-state index is 0.698. The molecular weight excluding hydrogens is 351 g/mol. The summed E-state index contributed by atoms with van der Waals surface area (Å²) in [6.07, 6.45) is 0. The molecule has 1 aromatic heterocycles. The predicted octanol–water partition coefficient (Wildman–Crippen LogP) is 5.42. The van der Waals surface area contributed by atoms with Crippen LogP contribution in [0.25, 0.3) is 44.7 Å². The highest BCUT2D eigenvalue weighted by atomic mass is 14.9. The number of para-hydroxylation sites is 1. The fourth-order valence-corrected chi connectivity index (χ4v) is 3.53. The third-order valence-electron chi connectivity index (χ3n) is 5.02. The molecule has 0 amide bonds. The number of aromatic nitrogens is 2. The Labute approximate surface area is 171 Å². The molecular formula is C26H17BN2. The van der Waals surface area contributed by atoms with Crippen LogP contribution in [0.3, 0.4) is 0 Å². The average molecular weight is 368 g/mol. The fraction of sp³-hybridized carbons (Fsp3) is 0. The standard InChI is InChI=1S/C26H17BN2/c27-22-15-13-19(14-16-22)26-28-24-12-5-4-11-23(24)25(29-26)21-10-6-9-20(17-21)18-7-2-1-3-8-18/h1-17H. The van der Waals surface area contributed by atoms with Crippen LogP contribution in [-0.4, -0.2) is 17.8 Å². The Hall–Kier alpha value is -3.72. The summed E-state index contributed by atoms with van der Waals surface area (Å²) in [4.78, 5) is 9.74. The van der Waals surface area contributed by atoms with Gasteiger partial charge in [-0.3, -0.25) is 0 Å². The molecule has 0 fully saturated rings. The van der Waals surface area contributed by atoms with Gasteiger partial charge >= 0.3 is 0 Å². The van der Waals surface area contributed by atoms with Crippen molar-refractivity contribution in [3.05, 3.63) is 103 Å². The van der Waals surface area contributed by atoms with Crippen LogP contribution in [0.2, 0.25) is 0 Å². The second kappa shape index (κ2) is 7.36. The molecule has 0 bridgehead atoms. The van der Waals surface area contributed by atoms with Gasteiger partial charge in [0.1, 0.15) is 7.85 Å². The molecule has 0 aliphatic carbocycles. The van der Waals surface area contributed by atoms with Crippen LogP contribution in [-0.2, 0) is 0 Å². The van der Waals surface area contributed by atoms with Crippen LogP contribution in [0.5, 0.6) is 0 Å². The Kier molecular flexibility index (Phi) is 4.42. The van der Waals surface area contributed by atoms with Crippen molar-refractivity contribution >= 4 is 24.2 Å². The van der Waals surface area contributed by atoms with E-state index >= 15 is 0 Å². The van der Waals surface area contributed by atoms with E-state index in [1.54, 1.807) is 0 Å². The summed E-state index contributed by atoms with van der Waals surface area (Å²) in [7, 11) is 5.85. The van der Waals surface area contributed by atoms with Gasteiger partial charge in [0.2, 0.25) is 0 Å². The zero-order valence-electron chi connectivity index (χ0n) is 15.8. The van der Waals surface area contributed by atoms with Crippen LogP contribution in [0.15, 0.2) is 103 Å². The van der Waals surface area contributed by atoms with Crippen LogP contribution in [0.1, 0.15) is 0 Å². The van der Waals surface area contributed by atoms with E-state index < -0.39 is 0 Å². The van der Waals surface area contributed by atoms with Gasteiger partial charge in [0, 0.05) is 16.5 Å². The van der Waals surface area contributed by atoms with Crippen LogP contribution in [0.4, 0.5) is 0 Å². The van der Waals surface area contributed by atoms with Crippen molar-refractivity contribution < 1.29 is 0 Å². The Balaban J connectivity index is 1.71. The molecule has 29 heavy (non-hydrogen) atoms. The van der Waals surface area contributed by atoms with E-state index in [0.29, 0.717) is 5.82 Å². The number of fused-ring (bicyclic) bond motifs is 1. The third kappa shape index (κ3) is 3.43. The Morgan fingerprint density at radius 3 is 2.03 bits per heavy atom. The molecule has 3 heteroatoms. The molecule has 0 N–H and O–H groups in total. The van der Waals surface area contributed by atoms with Crippen LogP contribution >= 0.6 is 0 Å². The normalized spacial score (nSPS) is 10.9. The zero-order chi connectivity index (χ0) is 19.6. The summed E-state index contributed by atoms with van der Waals surface area (Å²) in [6, 6.07) is 34.7. The second-order valence-electron chi connectivity index (χ2n) is 6.98. The second-order valence-corrected chi connectivity index (χ2v) is 6.98. The molecule has 4 aromatic carbocycles. The Bertz CT molecular complexity index is 1300. The van der Waals surface area contributed by atoms with Gasteiger partial charge < -0.3 is 0 Å². The zero-order valence-corrected chi connectivity index (χ0v) is 15.8. The van der Waals surface area contributed by atoms with Crippen molar-refractivity contribution in [1.82, 2.24) is 9.97 Å². The molecule has 0 spiro atoms. The van der Waals surface area contributed by atoms with Crippen LogP contribution < -0.4 is 5.46 Å². The van der Waals surface area contributed by atoms with Crippen molar-refractivity contribution in [2.45, 2.75) is 0 Å². The van der Waals surface area contributed by atoms with Gasteiger partial charge in [-0.1, -0.05) is 96.5 Å². The van der Waals surface area contributed by atoms with Gasteiger partial charge in [-0.15, -0.1) is 0 Å². The van der Waals surface area contributed by atoms with E-state index in [4.69, 9.17) is 17.8 Å². The van der Waals surface area contributed by atoms with E-state index in [0.717, 1.165) is 33.2 Å². The molecule has 0 aliphatic rings. The maximum absolute atomic E-state index is 5.85. The quantitative estimate of drug-likeness (QED) is 0.397. The molecule has 2 radical (unpaired) electrons. The summed E-state index contributed by atoms with van der Waals surface area (Å²) in [5, 5.41) is 1.04. The average Bonchev–Trinajstić information content (AvgIpc) is 2.79. The minimum atomic E-state index is 0.698. The van der Waals surface area contributed by atoms with Gasteiger partial charge in [-0.2, -0.15) is 0 Å². The molecule has 1 heterocycles. The molecule has 134 valence electrons. The highest BCUT2D eigenvalue weighted by molar-refractivity contribution is 6.32. The molecule has 5 rings (SSSR count). The minimum Gasteiger partial charge on any atom is -0.228 e. The highest BCUT2D eigenvalue weighted by Crippen LogP contribution is 2.31. The van der Waals surface area contributed by atoms with Crippen molar-refractivity contribution in [3.8, 4) is 33.8 Å². The molecule has 0 aliphatic heterocycles. The van der Waals surface area contributed by atoms with Gasteiger partial charge in [-0.05, 0) is 23.3 Å². The number of rotatable bonds is 3. The number of nitrogens with zero attached hydrogens (tertiary/aromatic N) is 2. The first-order chi connectivity index (χ1) is 14.3. The summed E-state index contributed by atoms with van der Waals surface area (Å²) in [6.45, 7) is 0. The SMILES string of the molecule is [B]c1ccc(-c2nc(-c3cccc(-c4ccccc4)c3)c3ccccc3n2)cc1. The summed E-state index contributed by atoms with van der Waals surface area (Å²) >= 11 is 0. The predicted molar refractivity (Wildman–Crippen MR) is 121 cm³/mol. The number of benzene rings is 4. The smallest absolute Gasteiger partial charge is 0.160 e. The van der Waals surface area contributed by atoms with E-state index in [2.05, 4.69) is 54.6 Å². The van der Waals surface area contributed by atoms with E-state index in [1.807, 2.05) is 48.5 Å². The first-order valence-electron chi connectivity index (χ1n) is 9.56. The molecule has 0 saturated heterocycles. The lowest BCUT2D eigenvalue weighted by atomic mass is 9.95. The third-order valence-corrected chi connectivity index (χ3v) is 5.02.